The van der Waals surface area contributed by atoms with E-state index in [-0.39, 0.29) is 10.8 Å². The van der Waals surface area contributed by atoms with Crippen molar-refractivity contribution in [3.8, 4) is 5.75 Å². The Morgan fingerprint density at radius 3 is 2.21 bits per heavy atom. The van der Waals surface area contributed by atoms with Crippen LogP contribution in [0, 0.1) is 11.8 Å². The molecule has 1 fully saturated rings. The van der Waals surface area contributed by atoms with E-state index >= 15 is 0 Å². The number of nitrogens with zero attached hydrogens (tertiary/aromatic N) is 2. The minimum atomic E-state index is -3.67. The second-order valence-corrected chi connectivity index (χ2v) is 13.3. The van der Waals surface area contributed by atoms with Gasteiger partial charge in [-0.2, -0.15) is 4.98 Å². The summed E-state index contributed by atoms with van der Waals surface area (Å²) in [6, 6.07) is 20.4. The maximum absolute atomic E-state index is 12.7. The van der Waals surface area contributed by atoms with Crippen LogP contribution in [0.3, 0.4) is 0 Å². The van der Waals surface area contributed by atoms with Crippen molar-refractivity contribution in [1.82, 2.24) is 14.7 Å². The summed E-state index contributed by atoms with van der Waals surface area (Å²) in [5.74, 6) is 3.02. The molecule has 3 aromatic carbocycles. The number of nitrogens with one attached hydrogen (secondary N) is 3. The molecule has 0 spiro atoms. The summed E-state index contributed by atoms with van der Waals surface area (Å²) in [5, 5.41) is 8.53. The van der Waals surface area contributed by atoms with Gasteiger partial charge in [0.25, 0.3) is 0 Å². The van der Waals surface area contributed by atoms with Crippen LogP contribution in [0.5, 0.6) is 5.75 Å². The maximum Gasteiger partial charge on any atom is 0.240 e. The van der Waals surface area contributed by atoms with Crippen molar-refractivity contribution in [1.29, 1.82) is 0 Å². The van der Waals surface area contributed by atoms with Crippen LogP contribution in [0.4, 0.5) is 11.8 Å². The van der Waals surface area contributed by atoms with Gasteiger partial charge in [0.1, 0.15) is 11.6 Å². The van der Waals surface area contributed by atoms with E-state index in [1.165, 1.54) is 23.8 Å². The van der Waals surface area contributed by atoms with Crippen molar-refractivity contribution in [2.24, 2.45) is 11.8 Å². The fourth-order valence-corrected chi connectivity index (χ4v) is 7.12. The Bertz CT molecular complexity index is 1590. The maximum atomic E-state index is 12.7. The average molecular weight is 629 g/mol. The zero-order chi connectivity index (χ0) is 29.5. The van der Waals surface area contributed by atoms with Gasteiger partial charge in [-0.3, -0.25) is 0 Å². The first-order chi connectivity index (χ1) is 20.3. The first kappa shape index (κ1) is 30.4. The molecular weight excluding hydrogens is 593 g/mol. The fourth-order valence-electron chi connectivity index (χ4n) is 5.28. The number of sulfonamides is 1. The lowest BCUT2D eigenvalue weighted by Crippen LogP contribution is -2.32. The molecule has 8 nitrogen and oxygen atoms in total. The number of halogens is 2. The van der Waals surface area contributed by atoms with Gasteiger partial charge in [0.05, 0.1) is 17.5 Å². The second-order valence-electron chi connectivity index (χ2n) is 10.7. The first-order valence-corrected chi connectivity index (χ1v) is 16.4. The standard InChI is InChI=1S/C31H35Cl2N5O3S/c1-41-26-12-10-21(11-13-26)14-15-34-30-28-4-2-3-5-29(28)37-31(38-30)35-19-22-6-8-23(9-7-22)20-36-42(39,40)27-17-24(32)16-25(33)18-27/h2-5,10-13,16-18,22-23,36H,6-9,14-15,19-20H2,1H3,(H2,34,35,37,38). The van der Waals surface area contributed by atoms with Gasteiger partial charge < -0.3 is 15.4 Å². The topological polar surface area (TPSA) is 105 Å². The van der Waals surface area contributed by atoms with E-state index in [1.807, 2.05) is 36.4 Å². The third-order valence-electron chi connectivity index (χ3n) is 7.69. The number of fused-ring (bicyclic) bond motifs is 1. The molecule has 11 heteroatoms. The van der Waals surface area contributed by atoms with Gasteiger partial charge in [0.2, 0.25) is 16.0 Å². The van der Waals surface area contributed by atoms with Crippen LogP contribution < -0.4 is 20.1 Å². The highest BCUT2D eigenvalue weighted by molar-refractivity contribution is 7.89. The molecule has 0 radical (unpaired) electrons. The molecule has 1 aliphatic rings. The molecule has 3 N–H and O–H groups in total. The predicted molar refractivity (Wildman–Crippen MR) is 170 cm³/mol. The summed E-state index contributed by atoms with van der Waals surface area (Å²) in [7, 11) is -2.00. The van der Waals surface area contributed by atoms with Crippen LogP contribution in [-0.4, -0.2) is 45.1 Å². The lowest BCUT2D eigenvalue weighted by Gasteiger charge is -2.28. The molecule has 0 bridgehead atoms. The zero-order valence-electron chi connectivity index (χ0n) is 23.4. The number of ether oxygens (including phenoxy) is 1. The molecule has 4 aromatic rings. The highest BCUT2D eigenvalue weighted by Crippen LogP contribution is 2.30. The number of hydrogen-bond acceptors (Lipinski definition) is 7. The third kappa shape index (κ3) is 8.04. The summed E-state index contributed by atoms with van der Waals surface area (Å²) in [6.45, 7) is 1.90. The van der Waals surface area contributed by atoms with E-state index in [1.54, 1.807) is 7.11 Å². The minimum Gasteiger partial charge on any atom is -0.497 e. The second kappa shape index (κ2) is 13.9. The van der Waals surface area contributed by atoms with Crippen LogP contribution >= 0.6 is 23.2 Å². The predicted octanol–water partition coefficient (Wildman–Crippen LogP) is 6.80. The number of rotatable bonds is 12. The monoisotopic (exact) mass is 627 g/mol. The average Bonchev–Trinajstić information content (AvgIpc) is 2.99. The minimum absolute atomic E-state index is 0.0860. The largest absolute Gasteiger partial charge is 0.497 e. The molecule has 0 atom stereocenters. The number of para-hydroxylation sites is 1. The number of hydrogen-bond donors (Lipinski definition) is 3. The number of methoxy groups -OCH3 is 1. The van der Waals surface area contributed by atoms with E-state index < -0.39 is 10.0 Å². The van der Waals surface area contributed by atoms with Crippen LogP contribution in [0.1, 0.15) is 31.2 Å². The Morgan fingerprint density at radius 1 is 0.857 bits per heavy atom. The normalized spacial score (nSPS) is 17.2. The van der Waals surface area contributed by atoms with Crippen molar-refractivity contribution in [3.63, 3.8) is 0 Å². The summed E-state index contributed by atoms with van der Waals surface area (Å²) in [4.78, 5) is 9.64. The molecule has 0 saturated heterocycles. The lowest BCUT2D eigenvalue weighted by molar-refractivity contribution is 0.284. The molecule has 0 unspecified atom stereocenters. The van der Waals surface area contributed by atoms with E-state index in [0.29, 0.717) is 28.5 Å². The molecule has 0 amide bonds. The molecular formula is C31H35Cl2N5O3S. The van der Waals surface area contributed by atoms with Gasteiger partial charge in [0.15, 0.2) is 0 Å². The first-order valence-electron chi connectivity index (χ1n) is 14.1. The Balaban J connectivity index is 1.12. The van der Waals surface area contributed by atoms with E-state index in [2.05, 4.69) is 27.5 Å². The van der Waals surface area contributed by atoms with E-state index in [4.69, 9.17) is 37.9 Å². The van der Waals surface area contributed by atoms with E-state index in [9.17, 15) is 8.42 Å². The molecule has 1 heterocycles. The van der Waals surface area contributed by atoms with Crippen LogP contribution in [0.2, 0.25) is 10.0 Å². The Labute approximate surface area is 257 Å². The summed E-state index contributed by atoms with van der Waals surface area (Å²) in [6.07, 6.45) is 4.76. The summed E-state index contributed by atoms with van der Waals surface area (Å²) < 4.78 is 33.4. The van der Waals surface area contributed by atoms with Gasteiger partial charge in [0, 0.05) is 35.1 Å². The number of aromatic nitrogens is 2. The quantitative estimate of drug-likeness (QED) is 0.159. The molecule has 5 rings (SSSR count). The number of anilines is 2. The Hall–Kier alpha value is -3.11. The van der Waals surface area contributed by atoms with Gasteiger partial charge in [-0.05, 0) is 92.0 Å². The fraction of sp³-hybridized carbons (Fsp3) is 0.355. The highest BCUT2D eigenvalue weighted by atomic mass is 35.5. The summed E-state index contributed by atoms with van der Waals surface area (Å²) in [5.41, 5.74) is 2.11. The molecule has 42 heavy (non-hydrogen) atoms. The molecule has 1 aromatic heterocycles. The smallest absolute Gasteiger partial charge is 0.240 e. The summed E-state index contributed by atoms with van der Waals surface area (Å²) >= 11 is 12.0. The Morgan fingerprint density at radius 2 is 1.52 bits per heavy atom. The number of benzene rings is 3. The van der Waals surface area contributed by atoms with Crippen LogP contribution in [0.15, 0.2) is 71.6 Å². The molecule has 1 saturated carbocycles. The zero-order valence-corrected chi connectivity index (χ0v) is 25.8. The molecule has 222 valence electrons. The van der Waals surface area contributed by atoms with Gasteiger partial charge in [-0.25, -0.2) is 18.1 Å². The molecule has 1 aliphatic carbocycles. The van der Waals surface area contributed by atoms with Crippen molar-refractivity contribution in [2.75, 3.05) is 37.4 Å². The third-order valence-corrected chi connectivity index (χ3v) is 9.53. The van der Waals surface area contributed by atoms with Crippen molar-refractivity contribution < 1.29 is 13.2 Å². The van der Waals surface area contributed by atoms with Gasteiger partial charge >= 0.3 is 0 Å². The van der Waals surface area contributed by atoms with Crippen LogP contribution in [0.25, 0.3) is 10.9 Å². The molecule has 0 aliphatic heterocycles. The lowest BCUT2D eigenvalue weighted by atomic mass is 9.82. The van der Waals surface area contributed by atoms with Gasteiger partial charge in [-0.15, -0.1) is 0 Å². The van der Waals surface area contributed by atoms with Crippen LogP contribution in [-0.2, 0) is 16.4 Å². The van der Waals surface area contributed by atoms with E-state index in [0.717, 1.165) is 67.7 Å². The van der Waals surface area contributed by atoms with Crippen molar-refractivity contribution in [3.05, 3.63) is 82.3 Å². The van der Waals surface area contributed by atoms with Crippen molar-refractivity contribution in [2.45, 2.75) is 37.0 Å². The van der Waals surface area contributed by atoms with Crippen molar-refractivity contribution >= 4 is 55.9 Å². The Kier molecular flexibility index (Phi) is 10.1. The van der Waals surface area contributed by atoms with Gasteiger partial charge in [-0.1, -0.05) is 47.5 Å². The SMILES string of the molecule is COc1ccc(CCNc2nc(NCC3CCC(CNS(=O)(=O)c4cc(Cl)cc(Cl)c4)CC3)nc3ccccc23)cc1. The highest BCUT2D eigenvalue weighted by Gasteiger charge is 2.24.